The van der Waals surface area contributed by atoms with Crippen LogP contribution in [0.5, 0.6) is 11.5 Å². The molecule has 0 aliphatic carbocycles. The Balaban J connectivity index is 1.64. The summed E-state index contributed by atoms with van der Waals surface area (Å²) in [5, 5.41) is 0.549. The fourth-order valence-electron chi connectivity index (χ4n) is 3.40. The van der Waals surface area contributed by atoms with E-state index < -0.39 is 46.3 Å². The van der Waals surface area contributed by atoms with Gasteiger partial charge in [-0.15, -0.1) is 0 Å². The molecular formula is C27H14Cl2F4O4. The largest absolute Gasteiger partial charge is 0.423 e. The third kappa shape index (κ3) is 6.28. The van der Waals surface area contributed by atoms with Crippen molar-refractivity contribution in [3.8, 4) is 11.5 Å². The first-order chi connectivity index (χ1) is 17.6. The van der Waals surface area contributed by atoms with Crippen LogP contribution in [-0.4, -0.2) is 11.9 Å². The molecule has 10 heteroatoms. The van der Waals surface area contributed by atoms with Gasteiger partial charge < -0.3 is 9.47 Å². The summed E-state index contributed by atoms with van der Waals surface area (Å²) in [5.41, 5.74) is -0.311. The Morgan fingerprint density at radius 1 is 0.595 bits per heavy atom. The number of hydrogen-bond acceptors (Lipinski definition) is 4. The molecule has 0 fully saturated rings. The van der Waals surface area contributed by atoms with Crippen molar-refractivity contribution in [1.29, 1.82) is 0 Å². The van der Waals surface area contributed by atoms with Gasteiger partial charge in [-0.05, 0) is 60.7 Å². The van der Waals surface area contributed by atoms with Crippen LogP contribution in [0.2, 0.25) is 10.0 Å². The summed E-state index contributed by atoms with van der Waals surface area (Å²) in [6, 6.07) is 13.4. The molecule has 0 aromatic heterocycles. The van der Waals surface area contributed by atoms with Gasteiger partial charge in [0.05, 0.1) is 11.1 Å². The lowest BCUT2D eigenvalue weighted by atomic mass is 10.0. The minimum atomic E-state index is -1.10. The van der Waals surface area contributed by atoms with Crippen molar-refractivity contribution in [3.05, 3.63) is 128 Å². The van der Waals surface area contributed by atoms with Crippen molar-refractivity contribution in [1.82, 2.24) is 0 Å². The average Bonchev–Trinajstić information content (AvgIpc) is 2.82. The highest BCUT2D eigenvalue weighted by Gasteiger charge is 2.20. The van der Waals surface area contributed by atoms with Gasteiger partial charge in [0, 0.05) is 39.7 Å². The number of carbonyl (C=O) groups is 2. The fraction of sp³-hybridized carbons (Fsp3) is 0.0370. The highest BCUT2D eigenvalue weighted by Crippen LogP contribution is 2.32. The van der Waals surface area contributed by atoms with Crippen LogP contribution in [0.15, 0.2) is 72.8 Å². The molecule has 0 bridgehead atoms. The first-order valence-electron chi connectivity index (χ1n) is 10.5. The highest BCUT2D eigenvalue weighted by atomic mass is 35.5. The zero-order chi connectivity index (χ0) is 26.7. The van der Waals surface area contributed by atoms with Crippen LogP contribution in [0.1, 0.15) is 31.8 Å². The Hall–Kier alpha value is -3.88. The van der Waals surface area contributed by atoms with Gasteiger partial charge >= 0.3 is 11.9 Å². The van der Waals surface area contributed by atoms with Crippen LogP contribution in [0.25, 0.3) is 0 Å². The van der Waals surface area contributed by atoms with Crippen molar-refractivity contribution in [3.63, 3.8) is 0 Å². The first kappa shape index (κ1) is 26.2. The third-order valence-corrected chi connectivity index (χ3v) is 5.60. The lowest BCUT2D eigenvalue weighted by Crippen LogP contribution is -2.13. The number of benzene rings is 4. The van der Waals surface area contributed by atoms with E-state index in [9.17, 15) is 27.2 Å². The lowest BCUT2D eigenvalue weighted by molar-refractivity contribution is 0.0720. The molecule has 0 unspecified atom stereocenters. The number of rotatable bonds is 6. The van der Waals surface area contributed by atoms with Crippen molar-refractivity contribution < 1.29 is 36.6 Å². The number of ether oxygens (including phenoxy) is 2. The molecule has 0 aliphatic heterocycles. The Morgan fingerprint density at radius 2 is 1.00 bits per heavy atom. The molecule has 188 valence electrons. The maximum Gasteiger partial charge on any atom is 0.346 e. The second kappa shape index (κ2) is 11.0. The van der Waals surface area contributed by atoms with E-state index in [1.54, 1.807) is 0 Å². The summed E-state index contributed by atoms with van der Waals surface area (Å²) in [5.74, 6) is -6.07. The van der Waals surface area contributed by atoms with Gasteiger partial charge in [0.1, 0.15) is 34.8 Å². The second-order valence-electron chi connectivity index (χ2n) is 7.71. The van der Waals surface area contributed by atoms with Gasteiger partial charge in [0.15, 0.2) is 0 Å². The van der Waals surface area contributed by atoms with E-state index in [2.05, 4.69) is 0 Å². The minimum Gasteiger partial charge on any atom is -0.423 e. The molecule has 0 aliphatic rings. The van der Waals surface area contributed by atoms with E-state index >= 15 is 0 Å². The van der Waals surface area contributed by atoms with Gasteiger partial charge in [-0.2, -0.15) is 0 Å². The smallest absolute Gasteiger partial charge is 0.346 e. The van der Waals surface area contributed by atoms with Crippen molar-refractivity contribution in [2.24, 2.45) is 0 Å². The molecule has 4 aromatic carbocycles. The minimum absolute atomic E-state index is 0.0000407. The van der Waals surface area contributed by atoms with Gasteiger partial charge in [0.25, 0.3) is 0 Å². The zero-order valence-corrected chi connectivity index (χ0v) is 20.0. The Bertz CT molecular complexity index is 1410. The van der Waals surface area contributed by atoms with E-state index in [-0.39, 0.29) is 28.0 Å². The molecule has 4 aromatic rings. The maximum absolute atomic E-state index is 14.1. The molecule has 0 radical (unpaired) electrons. The van der Waals surface area contributed by atoms with Crippen LogP contribution in [-0.2, 0) is 6.42 Å². The van der Waals surface area contributed by atoms with Crippen LogP contribution in [0.4, 0.5) is 17.6 Å². The first-order valence-corrected chi connectivity index (χ1v) is 11.3. The van der Waals surface area contributed by atoms with E-state index in [4.69, 9.17) is 32.7 Å². The Kier molecular flexibility index (Phi) is 7.80. The zero-order valence-electron chi connectivity index (χ0n) is 18.5. The Morgan fingerprint density at radius 3 is 1.38 bits per heavy atom. The molecule has 37 heavy (non-hydrogen) atoms. The molecule has 4 nitrogen and oxygen atoms in total. The molecule has 0 saturated heterocycles. The average molecular weight is 549 g/mol. The molecule has 0 N–H and O–H groups in total. The van der Waals surface area contributed by atoms with Crippen LogP contribution in [0.3, 0.4) is 0 Å². The Labute approximate surface area is 218 Å². The number of esters is 2. The second-order valence-corrected chi connectivity index (χ2v) is 8.58. The number of carbonyl (C=O) groups excluding carboxylic acids is 2. The number of hydrogen-bond donors (Lipinski definition) is 0. The summed E-state index contributed by atoms with van der Waals surface area (Å²) >= 11 is 12.2. The van der Waals surface area contributed by atoms with E-state index in [1.165, 1.54) is 36.4 Å². The predicted molar refractivity (Wildman–Crippen MR) is 128 cm³/mol. The molecule has 0 saturated carbocycles. The molecule has 0 heterocycles. The van der Waals surface area contributed by atoms with Crippen molar-refractivity contribution in [2.45, 2.75) is 6.42 Å². The normalized spacial score (nSPS) is 10.8. The van der Waals surface area contributed by atoms with Gasteiger partial charge in [-0.1, -0.05) is 23.2 Å². The van der Waals surface area contributed by atoms with E-state index in [1.807, 2.05) is 0 Å². The highest BCUT2D eigenvalue weighted by molar-refractivity contribution is 6.31. The predicted octanol–water partition coefficient (Wildman–Crippen LogP) is 7.58. The maximum atomic E-state index is 14.1. The van der Waals surface area contributed by atoms with Crippen LogP contribution in [0, 0.1) is 23.3 Å². The summed E-state index contributed by atoms with van der Waals surface area (Å²) < 4.78 is 65.2. The topological polar surface area (TPSA) is 52.6 Å². The van der Waals surface area contributed by atoms with Crippen molar-refractivity contribution >= 4 is 35.1 Å². The molecule has 0 amide bonds. The fourth-order valence-corrected chi connectivity index (χ4v) is 3.79. The summed E-state index contributed by atoms with van der Waals surface area (Å²) in [4.78, 5) is 25.1. The summed E-state index contributed by atoms with van der Waals surface area (Å²) in [7, 11) is 0. The monoisotopic (exact) mass is 548 g/mol. The van der Waals surface area contributed by atoms with Crippen molar-refractivity contribution in [2.75, 3.05) is 0 Å². The SMILES string of the molecule is O=C(Oc1ccc(Cl)cc1Cc1cc(Cl)ccc1OC(=O)c1ccc(F)cc1F)c1ccc(F)cc1F. The quantitative estimate of drug-likeness (QED) is 0.141. The van der Waals surface area contributed by atoms with Crippen LogP contribution >= 0.6 is 23.2 Å². The lowest BCUT2D eigenvalue weighted by Gasteiger charge is -2.14. The molecule has 4 rings (SSSR count). The number of halogens is 6. The standard InChI is InChI=1S/C27H14Cl2F4O4/c28-16-1-7-24(36-26(34)20-5-3-18(30)12-22(20)32)14(10-16)9-15-11-17(29)2-8-25(15)37-27(35)21-6-4-19(31)13-23(21)33/h1-8,10-13H,9H2. The van der Waals surface area contributed by atoms with E-state index in [0.29, 0.717) is 23.3 Å². The van der Waals surface area contributed by atoms with Gasteiger partial charge in [0.2, 0.25) is 0 Å². The van der Waals surface area contributed by atoms with Gasteiger partial charge in [-0.3, -0.25) is 0 Å². The van der Waals surface area contributed by atoms with E-state index in [0.717, 1.165) is 24.3 Å². The third-order valence-electron chi connectivity index (χ3n) is 5.13. The van der Waals surface area contributed by atoms with Crippen LogP contribution < -0.4 is 9.47 Å². The summed E-state index contributed by atoms with van der Waals surface area (Å²) in [6.07, 6.45) is -0.0376. The summed E-state index contributed by atoms with van der Waals surface area (Å²) in [6.45, 7) is 0. The molecule has 0 atom stereocenters. The van der Waals surface area contributed by atoms with Gasteiger partial charge in [-0.25, -0.2) is 27.2 Å². The molecular weight excluding hydrogens is 535 g/mol. The molecule has 0 spiro atoms.